The van der Waals surface area contributed by atoms with Crippen molar-refractivity contribution in [3.63, 3.8) is 0 Å². The lowest BCUT2D eigenvalue weighted by molar-refractivity contribution is -0.123. The van der Waals surface area contributed by atoms with Crippen molar-refractivity contribution in [2.75, 3.05) is 11.1 Å². The van der Waals surface area contributed by atoms with Crippen LogP contribution in [0.1, 0.15) is 17.3 Å². The first-order chi connectivity index (χ1) is 11.3. The van der Waals surface area contributed by atoms with E-state index in [1.807, 2.05) is 0 Å². The molecule has 0 saturated carbocycles. The van der Waals surface area contributed by atoms with E-state index in [0.29, 0.717) is 15.7 Å². The summed E-state index contributed by atoms with van der Waals surface area (Å²) in [6, 6.07) is 9.16. The first kappa shape index (κ1) is 18.4. The van der Waals surface area contributed by atoms with Crippen LogP contribution >= 0.6 is 34.8 Å². The number of ether oxygens (including phenoxy) is 1. The second kappa shape index (κ2) is 7.75. The van der Waals surface area contributed by atoms with E-state index >= 15 is 0 Å². The molecule has 0 saturated heterocycles. The third-order valence-corrected chi connectivity index (χ3v) is 4.15. The van der Waals surface area contributed by atoms with Gasteiger partial charge >= 0.3 is 5.97 Å². The summed E-state index contributed by atoms with van der Waals surface area (Å²) in [4.78, 5) is 24.2. The topological polar surface area (TPSA) is 81.4 Å². The van der Waals surface area contributed by atoms with Gasteiger partial charge in [-0.2, -0.15) is 0 Å². The molecule has 0 radical (unpaired) electrons. The number of carbonyl (C=O) groups is 2. The molecule has 0 spiro atoms. The lowest BCUT2D eigenvalue weighted by atomic mass is 10.2. The molecule has 5 nitrogen and oxygen atoms in total. The Balaban J connectivity index is 2.06. The van der Waals surface area contributed by atoms with Crippen LogP contribution in [0.15, 0.2) is 36.4 Å². The largest absolute Gasteiger partial charge is 0.449 e. The summed E-state index contributed by atoms with van der Waals surface area (Å²) in [5, 5.41) is 3.44. The Hall–Kier alpha value is -1.95. The van der Waals surface area contributed by atoms with Crippen LogP contribution in [0, 0.1) is 0 Å². The van der Waals surface area contributed by atoms with Gasteiger partial charge in [-0.25, -0.2) is 4.79 Å². The number of nitrogen functional groups attached to an aromatic ring is 1. The van der Waals surface area contributed by atoms with Gasteiger partial charge in [0.25, 0.3) is 5.91 Å². The maximum absolute atomic E-state index is 12.1. The van der Waals surface area contributed by atoms with Gasteiger partial charge < -0.3 is 15.8 Å². The van der Waals surface area contributed by atoms with Gasteiger partial charge in [0.15, 0.2) is 6.10 Å². The molecule has 8 heteroatoms. The summed E-state index contributed by atoms with van der Waals surface area (Å²) in [6.45, 7) is 1.43. The number of esters is 1. The predicted molar refractivity (Wildman–Crippen MR) is 95.8 cm³/mol. The van der Waals surface area contributed by atoms with E-state index < -0.39 is 18.0 Å². The number of nitrogens with two attached hydrogens (primary N) is 1. The van der Waals surface area contributed by atoms with Crippen LogP contribution in [0.2, 0.25) is 15.1 Å². The van der Waals surface area contributed by atoms with E-state index in [2.05, 4.69) is 5.32 Å². The molecule has 0 aromatic heterocycles. The molecule has 24 heavy (non-hydrogen) atoms. The van der Waals surface area contributed by atoms with Crippen LogP contribution in [-0.2, 0) is 9.53 Å². The average Bonchev–Trinajstić information content (AvgIpc) is 2.51. The molecule has 2 rings (SSSR count). The highest BCUT2D eigenvalue weighted by Crippen LogP contribution is 2.29. The van der Waals surface area contributed by atoms with Crippen LogP contribution in [-0.4, -0.2) is 18.0 Å². The van der Waals surface area contributed by atoms with Crippen molar-refractivity contribution in [2.45, 2.75) is 13.0 Å². The van der Waals surface area contributed by atoms with Crippen molar-refractivity contribution in [3.8, 4) is 0 Å². The minimum atomic E-state index is -1.07. The SMILES string of the molecule is C[C@H](OC(=O)c1ccc(Cl)cc1N)C(=O)Nc1cccc(Cl)c1Cl. The summed E-state index contributed by atoms with van der Waals surface area (Å²) < 4.78 is 5.11. The van der Waals surface area contributed by atoms with Crippen LogP contribution < -0.4 is 11.1 Å². The molecule has 0 aliphatic heterocycles. The fraction of sp³-hybridized carbons (Fsp3) is 0.125. The predicted octanol–water partition coefficient (Wildman–Crippen LogP) is 4.41. The lowest BCUT2D eigenvalue weighted by Crippen LogP contribution is -2.30. The van der Waals surface area contributed by atoms with E-state index in [1.165, 1.54) is 25.1 Å². The van der Waals surface area contributed by atoms with Crippen LogP contribution in [0.3, 0.4) is 0 Å². The van der Waals surface area contributed by atoms with E-state index in [-0.39, 0.29) is 16.3 Å². The first-order valence-corrected chi connectivity index (χ1v) is 7.94. The number of amides is 1. The third-order valence-electron chi connectivity index (χ3n) is 3.10. The molecule has 0 fully saturated rings. The molecule has 0 unspecified atom stereocenters. The van der Waals surface area contributed by atoms with Gasteiger partial charge in [0, 0.05) is 10.7 Å². The van der Waals surface area contributed by atoms with E-state index in [1.54, 1.807) is 18.2 Å². The molecule has 3 N–H and O–H groups in total. The first-order valence-electron chi connectivity index (χ1n) is 6.80. The Morgan fingerprint density at radius 3 is 2.54 bits per heavy atom. The maximum atomic E-state index is 12.1. The molecule has 2 aromatic carbocycles. The second-order valence-electron chi connectivity index (χ2n) is 4.87. The summed E-state index contributed by atoms with van der Waals surface area (Å²) in [6.07, 6.45) is -1.07. The molecule has 2 aromatic rings. The Morgan fingerprint density at radius 1 is 1.17 bits per heavy atom. The van der Waals surface area contributed by atoms with Crippen LogP contribution in [0.25, 0.3) is 0 Å². The number of hydrogen-bond donors (Lipinski definition) is 2. The summed E-state index contributed by atoms with van der Waals surface area (Å²) in [5.74, 6) is -1.29. The third kappa shape index (κ3) is 4.32. The summed E-state index contributed by atoms with van der Waals surface area (Å²) >= 11 is 17.7. The van der Waals surface area contributed by atoms with Crippen molar-refractivity contribution in [3.05, 3.63) is 57.0 Å². The van der Waals surface area contributed by atoms with E-state index in [4.69, 9.17) is 45.3 Å². The Morgan fingerprint density at radius 2 is 1.88 bits per heavy atom. The number of rotatable bonds is 4. The Bertz CT molecular complexity index is 796. The number of carbonyl (C=O) groups excluding carboxylic acids is 2. The van der Waals surface area contributed by atoms with Gasteiger partial charge in [-0.15, -0.1) is 0 Å². The van der Waals surface area contributed by atoms with Crippen LogP contribution in [0.5, 0.6) is 0 Å². The highest BCUT2D eigenvalue weighted by atomic mass is 35.5. The fourth-order valence-corrected chi connectivity index (χ4v) is 2.36. The summed E-state index contributed by atoms with van der Waals surface area (Å²) in [5.41, 5.74) is 6.33. The molecule has 0 bridgehead atoms. The van der Waals surface area contributed by atoms with Gasteiger partial charge in [0.1, 0.15) is 0 Å². The second-order valence-corrected chi connectivity index (χ2v) is 6.09. The lowest BCUT2D eigenvalue weighted by Gasteiger charge is -2.15. The summed E-state index contributed by atoms with van der Waals surface area (Å²) in [7, 11) is 0. The van der Waals surface area contributed by atoms with E-state index in [0.717, 1.165) is 0 Å². The molecule has 1 amide bonds. The molecule has 1 atom stereocenters. The number of nitrogens with one attached hydrogen (secondary N) is 1. The standard InChI is InChI=1S/C16H13Cl3N2O3/c1-8(15(22)21-13-4-2-3-11(18)14(13)19)24-16(23)10-6-5-9(17)7-12(10)20/h2-8H,20H2,1H3,(H,21,22)/t8-/m0/s1. The van der Waals surface area contributed by atoms with Crippen LogP contribution in [0.4, 0.5) is 11.4 Å². The van der Waals surface area contributed by atoms with Gasteiger partial charge in [0.05, 0.1) is 21.3 Å². The van der Waals surface area contributed by atoms with Crippen molar-refractivity contribution >= 4 is 58.1 Å². The minimum absolute atomic E-state index is 0.125. The molecule has 0 heterocycles. The minimum Gasteiger partial charge on any atom is -0.449 e. The zero-order valence-corrected chi connectivity index (χ0v) is 14.7. The zero-order valence-electron chi connectivity index (χ0n) is 12.5. The smallest absolute Gasteiger partial charge is 0.341 e. The Kier molecular flexibility index (Phi) is 5.94. The van der Waals surface area contributed by atoms with Crippen molar-refractivity contribution in [1.82, 2.24) is 0 Å². The van der Waals surface area contributed by atoms with Gasteiger partial charge in [-0.1, -0.05) is 40.9 Å². The number of anilines is 2. The van der Waals surface area contributed by atoms with Gasteiger partial charge in [0.2, 0.25) is 0 Å². The molecule has 0 aliphatic rings. The normalized spacial score (nSPS) is 11.7. The number of hydrogen-bond acceptors (Lipinski definition) is 4. The molecule has 126 valence electrons. The van der Waals surface area contributed by atoms with Gasteiger partial charge in [-0.05, 0) is 37.3 Å². The highest BCUT2D eigenvalue weighted by molar-refractivity contribution is 6.44. The zero-order chi connectivity index (χ0) is 17.9. The Labute approximate surface area is 153 Å². The quantitative estimate of drug-likeness (QED) is 0.601. The molecule has 0 aliphatic carbocycles. The van der Waals surface area contributed by atoms with Crippen molar-refractivity contribution in [2.24, 2.45) is 0 Å². The molecular weight excluding hydrogens is 375 g/mol. The number of halogens is 3. The molecular formula is C16H13Cl3N2O3. The van der Waals surface area contributed by atoms with E-state index in [9.17, 15) is 9.59 Å². The van der Waals surface area contributed by atoms with Gasteiger partial charge in [-0.3, -0.25) is 4.79 Å². The maximum Gasteiger partial charge on any atom is 0.341 e. The fourth-order valence-electron chi connectivity index (χ4n) is 1.83. The average molecular weight is 388 g/mol. The van der Waals surface area contributed by atoms with Crippen molar-refractivity contribution in [1.29, 1.82) is 0 Å². The highest BCUT2D eigenvalue weighted by Gasteiger charge is 2.21. The van der Waals surface area contributed by atoms with Crippen molar-refractivity contribution < 1.29 is 14.3 Å². The number of benzene rings is 2. The monoisotopic (exact) mass is 386 g/mol.